The van der Waals surface area contributed by atoms with Crippen LogP contribution in [0.5, 0.6) is 5.75 Å². The summed E-state index contributed by atoms with van der Waals surface area (Å²) < 4.78 is 7.46. The number of Topliss-reactive ketones (excluding diaryl/α,β-unsaturated/α-hetero) is 1. The first-order valence-corrected chi connectivity index (χ1v) is 9.51. The van der Waals surface area contributed by atoms with Crippen LogP contribution in [-0.2, 0) is 17.9 Å². The smallest absolute Gasteiger partial charge is 0.258 e. The molecular formula is C23H25N3O3. The van der Waals surface area contributed by atoms with E-state index in [0.29, 0.717) is 24.4 Å². The molecule has 0 spiro atoms. The molecule has 0 unspecified atom stereocenters. The van der Waals surface area contributed by atoms with Crippen molar-refractivity contribution in [2.24, 2.45) is 0 Å². The van der Waals surface area contributed by atoms with Gasteiger partial charge in [0.1, 0.15) is 5.75 Å². The second-order valence-corrected chi connectivity index (χ2v) is 6.94. The van der Waals surface area contributed by atoms with Gasteiger partial charge in [-0.1, -0.05) is 42.5 Å². The molecule has 1 aromatic heterocycles. The van der Waals surface area contributed by atoms with Crippen molar-refractivity contribution in [3.63, 3.8) is 0 Å². The van der Waals surface area contributed by atoms with Gasteiger partial charge in [0, 0.05) is 23.4 Å². The van der Waals surface area contributed by atoms with Gasteiger partial charge >= 0.3 is 0 Å². The van der Waals surface area contributed by atoms with Crippen LogP contribution in [0.15, 0.2) is 54.6 Å². The fraction of sp³-hybridized carbons (Fsp3) is 0.261. The molecule has 0 atom stereocenters. The van der Waals surface area contributed by atoms with Crippen LogP contribution in [-0.4, -0.2) is 28.1 Å². The summed E-state index contributed by atoms with van der Waals surface area (Å²) in [5.41, 5.74) is 4.67. The molecule has 1 heterocycles. The molecule has 1 N–H and O–H groups in total. The highest BCUT2D eigenvalue weighted by molar-refractivity contribution is 5.94. The van der Waals surface area contributed by atoms with E-state index in [4.69, 9.17) is 4.74 Å². The van der Waals surface area contributed by atoms with Crippen LogP contribution in [0.1, 0.15) is 39.8 Å². The number of nitrogens with one attached hydrogen (secondary N) is 1. The largest absolute Gasteiger partial charge is 0.484 e. The lowest BCUT2D eigenvalue weighted by molar-refractivity contribution is -0.123. The van der Waals surface area contributed by atoms with Crippen LogP contribution >= 0.6 is 0 Å². The molecule has 0 aliphatic rings. The van der Waals surface area contributed by atoms with E-state index in [-0.39, 0.29) is 18.3 Å². The van der Waals surface area contributed by atoms with Crippen molar-refractivity contribution < 1.29 is 14.3 Å². The number of ketones is 1. The zero-order valence-electron chi connectivity index (χ0n) is 16.9. The van der Waals surface area contributed by atoms with Gasteiger partial charge < -0.3 is 10.1 Å². The van der Waals surface area contributed by atoms with Crippen LogP contribution in [0.3, 0.4) is 0 Å². The molecule has 6 nitrogen and oxygen atoms in total. The number of hydrogen-bond donors (Lipinski definition) is 1. The summed E-state index contributed by atoms with van der Waals surface area (Å²) in [6.07, 6.45) is 0. The highest BCUT2D eigenvalue weighted by Gasteiger charge is 2.13. The molecule has 3 aromatic rings. The number of amides is 1. The van der Waals surface area contributed by atoms with Gasteiger partial charge in [-0.25, -0.2) is 0 Å². The van der Waals surface area contributed by atoms with E-state index in [0.717, 1.165) is 17.0 Å². The third kappa shape index (κ3) is 5.31. The van der Waals surface area contributed by atoms with Crippen molar-refractivity contribution >= 4 is 11.7 Å². The van der Waals surface area contributed by atoms with Crippen molar-refractivity contribution in [1.29, 1.82) is 0 Å². The Hall–Kier alpha value is -3.41. The van der Waals surface area contributed by atoms with Gasteiger partial charge in [0.05, 0.1) is 12.2 Å². The number of carbonyl (C=O) groups is 2. The van der Waals surface area contributed by atoms with Gasteiger partial charge in [0.25, 0.3) is 5.91 Å². The first-order chi connectivity index (χ1) is 13.9. The Bertz CT molecular complexity index is 1010. The lowest BCUT2D eigenvalue weighted by atomic mass is 10.1. The predicted molar refractivity (Wildman–Crippen MR) is 111 cm³/mol. The van der Waals surface area contributed by atoms with Gasteiger partial charge in [-0.3, -0.25) is 14.3 Å². The Morgan fingerprint density at radius 2 is 1.83 bits per heavy atom. The van der Waals surface area contributed by atoms with E-state index in [9.17, 15) is 9.59 Å². The standard InChI is InChI=1S/C23H25N3O3/c1-16-22(17(2)26(25-16)14-19-8-5-4-6-9-19)13-24-23(28)15-29-21-11-7-10-20(12-21)18(3)27/h4-12H,13-15H2,1-3H3,(H,24,28). The van der Waals surface area contributed by atoms with Gasteiger partial charge in [-0.2, -0.15) is 5.10 Å². The van der Waals surface area contributed by atoms with Crippen LogP contribution in [0.4, 0.5) is 0 Å². The fourth-order valence-electron chi connectivity index (χ4n) is 3.09. The van der Waals surface area contributed by atoms with Gasteiger partial charge in [0.2, 0.25) is 0 Å². The molecule has 0 radical (unpaired) electrons. The summed E-state index contributed by atoms with van der Waals surface area (Å²) >= 11 is 0. The number of hydrogen-bond acceptors (Lipinski definition) is 4. The van der Waals surface area contributed by atoms with E-state index in [1.54, 1.807) is 24.3 Å². The molecule has 29 heavy (non-hydrogen) atoms. The zero-order chi connectivity index (χ0) is 20.8. The second kappa shape index (κ2) is 9.19. The van der Waals surface area contributed by atoms with E-state index >= 15 is 0 Å². The molecule has 6 heteroatoms. The van der Waals surface area contributed by atoms with E-state index in [2.05, 4.69) is 22.5 Å². The number of rotatable bonds is 8. The monoisotopic (exact) mass is 391 g/mol. The molecule has 2 aromatic carbocycles. The Balaban J connectivity index is 1.56. The highest BCUT2D eigenvalue weighted by Crippen LogP contribution is 2.15. The van der Waals surface area contributed by atoms with Crippen LogP contribution in [0, 0.1) is 13.8 Å². The summed E-state index contributed by atoms with van der Waals surface area (Å²) in [4.78, 5) is 23.6. The molecule has 0 saturated heterocycles. The lowest BCUT2D eigenvalue weighted by Gasteiger charge is -2.09. The molecule has 0 bridgehead atoms. The molecule has 0 aliphatic carbocycles. The maximum Gasteiger partial charge on any atom is 0.258 e. The number of carbonyl (C=O) groups excluding carboxylic acids is 2. The average Bonchev–Trinajstić information content (AvgIpc) is 2.98. The Kier molecular flexibility index (Phi) is 6.44. The lowest BCUT2D eigenvalue weighted by Crippen LogP contribution is -2.28. The van der Waals surface area contributed by atoms with Gasteiger partial charge in [-0.05, 0) is 38.5 Å². The zero-order valence-corrected chi connectivity index (χ0v) is 16.9. The first kappa shape index (κ1) is 20.3. The summed E-state index contributed by atoms with van der Waals surface area (Å²) in [6.45, 7) is 6.42. The van der Waals surface area contributed by atoms with Crippen molar-refractivity contribution in [1.82, 2.24) is 15.1 Å². The summed E-state index contributed by atoms with van der Waals surface area (Å²) in [6, 6.07) is 16.9. The second-order valence-electron chi connectivity index (χ2n) is 6.94. The highest BCUT2D eigenvalue weighted by atomic mass is 16.5. The number of benzene rings is 2. The summed E-state index contributed by atoms with van der Waals surface area (Å²) in [5, 5.41) is 7.49. The maximum absolute atomic E-state index is 12.2. The van der Waals surface area contributed by atoms with Crippen molar-refractivity contribution in [3.8, 4) is 5.75 Å². The van der Waals surface area contributed by atoms with E-state index in [1.165, 1.54) is 12.5 Å². The summed E-state index contributed by atoms with van der Waals surface area (Å²) in [5.74, 6) is 0.224. The SMILES string of the molecule is CC(=O)c1cccc(OCC(=O)NCc2c(C)nn(Cc3ccccc3)c2C)c1. The summed E-state index contributed by atoms with van der Waals surface area (Å²) in [7, 11) is 0. The quantitative estimate of drug-likeness (QED) is 0.597. The van der Waals surface area contributed by atoms with Crippen LogP contribution in [0.25, 0.3) is 0 Å². The molecule has 3 rings (SSSR count). The van der Waals surface area contributed by atoms with Crippen molar-refractivity contribution in [3.05, 3.63) is 82.7 Å². The topological polar surface area (TPSA) is 73.2 Å². The van der Waals surface area contributed by atoms with Crippen LogP contribution in [0.2, 0.25) is 0 Å². The van der Waals surface area contributed by atoms with E-state index < -0.39 is 0 Å². The first-order valence-electron chi connectivity index (χ1n) is 9.51. The Labute approximate surface area is 170 Å². The minimum Gasteiger partial charge on any atom is -0.484 e. The van der Waals surface area contributed by atoms with Gasteiger partial charge in [-0.15, -0.1) is 0 Å². The molecular weight excluding hydrogens is 366 g/mol. The molecule has 0 fully saturated rings. The number of aryl methyl sites for hydroxylation is 1. The van der Waals surface area contributed by atoms with Crippen molar-refractivity contribution in [2.45, 2.75) is 33.9 Å². The maximum atomic E-state index is 12.2. The Morgan fingerprint density at radius 3 is 2.55 bits per heavy atom. The third-order valence-electron chi connectivity index (χ3n) is 4.78. The molecule has 0 aliphatic heterocycles. The fourth-order valence-corrected chi connectivity index (χ4v) is 3.09. The molecule has 0 saturated carbocycles. The molecule has 1 amide bonds. The number of ether oxygens (including phenoxy) is 1. The normalized spacial score (nSPS) is 10.6. The number of aromatic nitrogens is 2. The average molecular weight is 391 g/mol. The predicted octanol–water partition coefficient (Wildman–Crippen LogP) is 3.45. The third-order valence-corrected chi connectivity index (χ3v) is 4.78. The van der Waals surface area contributed by atoms with E-state index in [1.807, 2.05) is 36.7 Å². The van der Waals surface area contributed by atoms with Gasteiger partial charge in [0.15, 0.2) is 12.4 Å². The minimum absolute atomic E-state index is 0.0432. The minimum atomic E-state index is -0.229. The molecule has 150 valence electrons. The Morgan fingerprint density at radius 1 is 1.07 bits per heavy atom. The van der Waals surface area contributed by atoms with Crippen LogP contribution < -0.4 is 10.1 Å². The number of nitrogens with zero attached hydrogens (tertiary/aromatic N) is 2. The van der Waals surface area contributed by atoms with Crippen molar-refractivity contribution in [2.75, 3.05) is 6.61 Å².